The van der Waals surface area contributed by atoms with Gasteiger partial charge in [0.2, 0.25) is 0 Å². The molecular formula is C15H21FN2. The highest BCUT2D eigenvalue weighted by Gasteiger charge is 2.32. The number of fused-ring (bicyclic) bond motifs is 1. The molecule has 2 aliphatic heterocycles. The lowest BCUT2D eigenvalue weighted by Gasteiger charge is -2.40. The Kier molecular flexibility index (Phi) is 3.35. The summed E-state index contributed by atoms with van der Waals surface area (Å²) in [5, 5.41) is 0. The van der Waals surface area contributed by atoms with Crippen LogP contribution in [0.2, 0.25) is 0 Å². The highest BCUT2D eigenvalue weighted by atomic mass is 19.1. The monoisotopic (exact) mass is 248 g/mol. The molecule has 0 N–H and O–H groups in total. The lowest BCUT2D eigenvalue weighted by Crippen LogP contribution is -2.50. The van der Waals surface area contributed by atoms with E-state index in [1.807, 2.05) is 12.1 Å². The van der Waals surface area contributed by atoms with Gasteiger partial charge >= 0.3 is 0 Å². The Balaban J connectivity index is 1.73. The fourth-order valence-corrected chi connectivity index (χ4v) is 3.38. The van der Waals surface area contributed by atoms with E-state index in [0.29, 0.717) is 6.04 Å². The second-order valence-electron chi connectivity index (χ2n) is 5.52. The third kappa shape index (κ3) is 2.17. The quantitative estimate of drug-likeness (QED) is 0.794. The summed E-state index contributed by atoms with van der Waals surface area (Å²) in [6.07, 6.45) is 2.63. The minimum Gasteiger partial charge on any atom is -0.298 e. The normalized spacial score (nSPS) is 27.1. The van der Waals surface area contributed by atoms with Crippen molar-refractivity contribution in [1.29, 1.82) is 0 Å². The molecule has 98 valence electrons. The summed E-state index contributed by atoms with van der Waals surface area (Å²) in [5.41, 5.74) is 0.837. The molecule has 0 bridgehead atoms. The number of hydrogen-bond acceptors (Lipinski definition) is 2. The van der Waals surface area contributed by atoms with Crippen LogP contribution in [-0.2, 0) is 0 Å². The number of benzene rings is 1. The van der Waals surface area contributed by atoms with Crippen LogP contribution in [0, 0.1) is 5.82 Å². The van der Waals surface area contributed by atoms with Crippen molar-refractivity contribution >= 4 is 0 Å². The Morgan fingerprint density at radius 3 is 2.89 bits per heavy atom. The standard InChI is InChI=1S/C15H21FN2/c1-12(14-6-2-3-7-15(14)16)18-10-9-17-8-4-5-13(17)11-18/h2-3,6-7,12-13H,4-5,8-11H2,1H3. The number of hydrogen-bond donors (Lipinski definition) is 0. The van der Waals surface area contributed by atoms with Crippen LogP contribution >= 0.6 is 0 Å². The lowest BCUT2D eigenvalue weighted by atomic mass is 10.0. The number of rotatable bonds is 2. The van der Waals surface area contributed by atoms with Crippen LogP contribution in [0.4, 0.5) is 4.39 Å². The smallest absolute Gasteiger partial charge is 0.127 e. The van der Waals surface area contributed by atoms with Crippen LogP contribution < -0.4 is 0 Å². The second kappa shape index (κ2) is 4.98. The first-order valence-corrected chi connectivity index (χ1v) is 6.98. The van der Waals surface area contributed by atoms with E-state index in [0.717, 1.165) is 25.2 Å². The van der Waals surface area contributed by atoms with E-state index in [2.05, 4.69) is 16.7 Å². The van der Waals surface area contributed by atoms with Gasteiger partial charge in [-0.2, -0.15) is 0 Å². The Labute approximate surface area is 108 Å². The third-order valence-corrected chi connectivity index (χ3v) is 4.52. The maximum Gasteiger partial charge on any atom is 0.127 e. The van der Waals surface area contributed by atoms with Gasteiger partial charge < -0.3 is 0 Å². The van der Waals surface area contributed by atoms with Crippen LogP contribution in [0.3, 0.4) is 0 Å². The highest BCUT2D eigenvalue weighted by Crippen LogP contribution is 2.28. The van der Waals surface area contributed by atoms with Gasteiger partial charge in [-0.3, -0.25) is 9.80 Å². The molecule has 0 radical (unpaired) electrons. The first-order valence-electron chi connectivity index (χ1n) is 6.98. The largest absolute Gasteiger partial charge is 0.298 e. The molecule has 2 atom stereocenters. The Morgan fingerprint density at radius 2 is 2.06 bits per heavy atom. The van der Waals surface area contributed by atoms with Crippen molar-refractivity contribution in [2.24, 2.45) is 0 Å². The van der Waals surface area contributed by atoms with Crippen LogP contribution in [0.15, 0.2) is 24.3 Å². The van der Waals surface area contributed by atoms with E-state index >= 15 is 0 Å². The average molecular weight is 248 g/mol. The molecule has 0 amide bonds. The predicted molar refractivity (Wildman–Crippen MR) is 71.0 cm³/mol. The highest BCUT2D eigenvalue weighted by molar-refractivity contribution is 5.21. The molecule has 18 heavy (non-hydrogen) atoms. The fourth-order valence-electron chi connectivity index (χ4n) is 3.38. The Bertz CT molecular complexity index is 421. The van der Waals surface area contributed by atoms with Gasteiger partial charge in [-0.05, 0) is 32.4 Å². The molecule has 2 nitrogen and oxygen atoms in total. The van der Waals surface area contributed by atoms with Crippen LogP contribution in [0.25, 0.3) is 0 Å². The minimum atomic E-state index is -0.0705. The van der Waals surface area contributed by atoms with Crippen molar-refractivity contribution in [2.75, 3.05) is 26.2 Å². The molecule has 3 rings (SSSR count). The summed E-state index contributed by atoms with van der Waals surface area (Å²) in [6, 6.07) is 8.07. The van der Waals surface area contributed by atoms with Crippen LogP contribution in [0.5, 0.6) is 0 Å². The van der Waals surface area contributed by atoms with Gasteiger partial charge in [0.25, 0.3) is 0 Å². The molecule has 2 aliphatic rings. The lowest BCUT2D eigenvalue weighted by molar-refractivity contribution is 0.0759. The molecule has 2 unspecified atom stereocenters. The summed E-state index contributed by atoms with van der Waals surface area (Å²) >= 11 is 0. The first-order chi connectivity index (χ1) is 8.75. The topological polar surface area (TPSA) is 6.48 Å². The zero-order chi connectivity index (χ0) is 12.5. The van der Waals surface area contributed by atoms with Crippen molar-refractivity contribution in [3.05, 3.63) is 35.6 Å². The maximum absolute atomic E-state index is 13.8. The molecule has 0 saturated carbocycles. The number of halogens is 1. The SMILES string of the molecule is CC(c1ccccc1F)N1CCN2CCCC2C1. The summed E-state index contributed by atoms with van der Waals surface area (Å²) < 4.78 is 13.8. The van der Waals surface area contributed by atoms with E-state index in [-0.39, 0.29) is 11.9 Å². The van der Waals surface area contributed by atoms with Crippen molar-refractivity contribution in [3.8, 4) is 0 Å². The summed E-state index contributed by atoms with van der Waals surface area (Å²) in [5.74, 6) is -0.0705. The first kappa shape index (κ1) is 12.1. The predicted octanol–water partition coefficient (Wildman–Crippen LogP) is 2.67. The van der Waals surface area contributed by atoms with Gasteiger partial charge in [-0.1, -0.05) is 18.2 Å². The van der Waals surface area contributed by atoms with Gasteiger partial charge in [0.1, 0.15) is 5.82 Å². The summed E-state index contributed by atoms with van der Waals surface area (Å²) in [4.78, 5) is 5.02. The second-order valence-corrected chi connectivity index (χ2v) is 5.52. The van der Waals surface area contributed by atoms with E-state index < -0.39 is 0 Å². The van der Waals surface area contributed by atoms with Crippen LogP contribution in [0.1, 0.15) is 31.4 Å². The average Bonchev–Trinajstić information content (AvgIpc) is 2.85. The molecule has 3 heteroatoms. The number of piperazine rings is 1. The van der Waals surface area contributed by atoms with Gasteiger partial charge in [0, 0.05) is 37.3 Å². The van der Waals surface area contributed by atoms with Crippen molar-refractivity contribution < 1.29 is 4.39 Å². The molecule has 1 aromatic carbocycles. The maximum atomic E-state index is 13.8. The molecule has 0 aromatic heterocycles. The Morgan fingerprint density at radius 1 is 1.22 bits per heavy atom. The molecule has 2 saturated heterocycles. The fraction of sp³-hybridized carbons (Fsp3) is 0.600. The molecule has 2 heterocycles. The van der Waals surface area contributed by atoms with Gasteiger partial charge in [0.05, 0.1) is 0 Å². The zero-order valence-corrected chi connectivity index (χ0v) is 11.0. The zero-order valence-electron chi connectivity index (χ0n) is 11.0. The van der Waals surface area contributed by atoms with Crippen molar-refractivity contribution in [1.82, 2.24) is 9.80 Å². The third-order valence-electron chi connectivity index (χ3n) is 4.52. The molecule has 0 aliphatic carbocycles. The van der Waals surface area contributed by atoms with Gasteiger partial charge in [-0.15, -0.1) is 0 Å². The van der Waals surface area contributed by atoms with Gasteiger partial charge in [0.15, 0.2) is 0 Å². The van der Waals surface area contributed by atoms with E-state index in [1.54, 1.807) is 12.1 Å². The van der Waals surface area contributed by atoms with E-state index in [9.17, 15) is 4.39 Å². The van der Waals surface area contributed by atoms with Crippen LogP contribution in [-0.4, -0.2) is 42.0 Å². The molecule has 1 aromatic rings. The Hall–Kier alpha value is -0.930. The van der Waals surface area contributed by atoms with Crippen molar-refractivity contribution in [3.63, 3.8) is 0 Å². The van der Waals surface area contributed by atoms with E-state index in [1.165, 1.54) is 19.4 Å². The number of nitrogens with zero attached hydrogens (tertiary/aromatic N) is 2. The van der Waals surface area contributed by atoms with E-state index in [4.69, 9.17) is 0 Å². The van der Waals surface area contributed by atoms with Gasteiger partial charge in [-0.25, -0.2) is 4.39 Å². The molecular weight excluding hydrogens is 227 g/mol. The summed E-state index contributed by atoms with van der Waals surface area (Å²) in [6.45, 7) is 6.68. The summed E-state index contributed by atoms with van der Waals surface area (Å²) in [7, 11) is 0. The molecule has 0 spiro atoms. The van der Waals surface area contributed by atoms with Crippen molar-refractivity contribution in [2.45, 2.75) is 31.8 Å². The minimum absolute atomic E-state index is 0.0705. The molecule has 2 fully saturated rings.